The lowest BCUT2D eigenvalue weighted by atomic mass is 9.93. The summed E-state index contributed by atoms with van der Waals surface area (Å²) in [5.41, 5.74) is 0.584. The second-order valence-corrected chi connectivity index (χ2v) is 5.34. The molecule has 5 heteroatoms. The second kappa shape index (κ2) is 5.29. The fourth-order valence-electron chi connectivity index (χ4n) is 2.62. The second-order valence-electron chi connectivity index (χ2n) is 4.90. The van der Waals surface area contributed by atoms with Crippen LogP contribution in [0.15, 0.2) is 36.9 Å². The lowest BCUT2D eigenvalue weighted by molar-refractivity contribution is 0.0656. The Hall–Kier alpha value is -1.81. The molecule has 0 fully saturated rings. The van der Waals surface area contributed by atoms with Crippen LogP contribution in [0, 0.1) is 0 Å². The number of imidazole rings is 1. The third-order valence-electron chi connectivity index (χ3n) is 3.53. The highest BCUT2D eigenvalue weighted by molar-refractivity contribution is 6.31. The van der Waals surface area contributed by atoms with Gasteiger partial charge in [0.05, 0.1) is 11.9 Å². The maximum Gasteiger partial charge on any atom is 0.193 e. The van der Waals surface area contributed by atoms with Crippen molar-refractivity contribution in [2.75, 3.05) is 0 Å². The molecular formula is C15H15ClN2O2. The van der Waals surface area contributed by atoms with Gasteiger partial charge >= 0.3 is 0 Å². The van der Waals surface area contributed by atoms with Gasteiger partial charge in [0.25, 0.3) is 0 Å². The van der Waals surface area contributed by atoms with Crippen LogP contribution in [0.3, 0.4) is 0 Å². The van der Waals surface area contributed by atoms with Crippen LogP contribution >= 0.6 is 11.6 Å². The van der Waals surface area contributed by atoms with Gasteiger partial charge in [-0.1, -0.05) is 24.9 Å². The normalized spacial score (nSPS) is 21.4. The van der Waals surface area contributed by atoms with E-state index in [4.69, 9.17) is 16.3 Å². The summed E-state index contributed by atoms with van der Waals surface area (Å²) in [7, 11) is 0. The molecule has 0 N–H and O–H groups in total. The van der Waals surface area contributed by atoms with Crippen LogP contribution in [0.2, 0.25) is 5.02 Å². The Balaban J connectivity index is 2.05. The lowest BCUT2D eigenvalue weighted by Crippen LogP contribution is -2.39. The molecule has 1 aromatic carbocycles. The summed E-state index contributed by atoms with van der Waals surface area (Å²) in [6.45, 7) is 2.08. The van der Waals surface area contributed by atoms with Gasteiger partial charge in [0.2, 0.25) is 0 Å². The highest BCUT2D eigenvalue weighted by Crippen LogP contribution is 2.36. The van der Waals surface area contributed by atoms with E-state index < -0.39 is 0 Å². The predicted octanol–water partition coefficient (Wildman–Crippen LogP) is 3.52. The van der Waals surface area contributed by atoms with Crippen molar-refractivity contribution in [3.05, 3.63) is 47.5 Å². The first-order valence-electron chi connectivity index (χ1n) is 6.68. The number of ketones is 1. The molecule has 2 aromatic rings. The summed E-state index contributed by atoms with van der Waals surface area (Å²) in [4.78, 5) is 16.8. The largest absolute Gasteiger partial charge is 0.487 e. The first kappa shape index (κ1) is 13.2. The van der Waals surface area contributed by atoms with Crippen molar-refractivity contribution in [3.63, 3.8) is 0 Å². The van der Waals surface area contributed by atoms with Crippen LogP contribution in [0.5, 0.6) is 5.75 Å². The summed E-state index contributed by atoms with van der Waals surface area (Å²) in [6, 6.07) is 4.80. The number of hydrogen-bond donors (Lipinski definition) is 0. The highest BCUT2D eigenvalue weighted by atomic mass is 35.5. The average molecular weight is 291 g/mol. The number of aromatic nitrogens is 2. The minimum atomic E-state index is -0.355. The first-order valence-corrected chi connectivity index (χ1v) is 7.06. The lowest BCUT2D eigenvalue weighted by Gasteiger charge is -2.33. The maximum absolute atomic E-state index is 12.7. The molecule has 0 radical (unpaired) electrons. The molecule has 2 heterocycles. The monoisotopic (exact) mass is 290 g/mol. The Morgan fingerprint density at radius 2 is 2.30 bits per heavy atom. The molecule has 1 aliphatic heterocycles. The molecule has 1 aromatic heterocycles. The van der Waals surface area contributed by atoms with Gasteiger partial charge in [-0.25, -0.2) is 4.98 Å². The van der Waals surface area contributed by atoms with Crippen molar-refractivity contribution < 1.29 is 9.53 Å². The molecule has 4 nitrogen and oxygen atoms in total. The number of ether oxygens (including phenoxy) is 1. The number of benzene rings is 1. The average Bonchev–Trinajstić information content (AvgIpc) is 2.92. The fraction of sp³-hybridized carbons (Fsp3) is 0.333. The van der Waals surface area contributed by atoms with Crippen LogP contribution in [0.1, 0.15) is 36.2 Å². The number of rotatable bonds is 3. The Labute approximate surface area is 122 Å². The van der Waals surface area contributed by atoms with E-state index in [0.29, 0.717) is 16.3 Å². The minimum Gasteiger partial charge on any atom is -0.487 e. The molecule has 0 amide bonds. The van der Waals surface area contributed by atoms with Crippen molar-refractivity contribution in [3.8, 4) is 5.75 Å². The molecule has 0 spiro atoms. The number of carbonyl (C=O) groups is 1. The van der Waals surface area contributed by atoms with Gasteiger partial charge in [0, 0.05) is 17.4 Å². The van der Waals surface area contributed by atoms with E-state index in [9.17, 15) is 4.79 Å². The van der Waals surface area contributed by atoms with Crippen molar-refractivity contribution in [1.82, 2.24) is 9.55 Å². The molecule has 20 heavy (non-hydrogen) atoms. The van der Waals surface area contributed by atoms with Crippen LogP contribution in [0.25, 0.3) is 0 Å². The third-order valence-corrected chi connectivity index (χ3v) is 3.76. The van der Waals surface area contributed by atoms with E-state index in [1.807, 2.05) is 4.57 Å². The van der Waals surface area contributed by atoms with E-state index >= 15 is 0 Å². The summed E-state index contributed by atoms with van der Waals surface area (Å²) < 4.78 is 7.83. The molecule has 104 valence electrons. The summed E-state index contributed by atoms with van der Waals surface area (Å²) >= 11 is 5.98. The Morgan fingerprint density at radius 1 is 1.45 bits per heavy atom. The van der Waals surface area contributed by atoms with E-state index in [0.717, 1.165) is 12.8 Å². The maximum atomic E-state index is 12.7. The molecule has 1 aliphatic rings. The van der Waals surface area contributed by atoms with Gasteiger partial charge in [0.1, 0.15) is 17.9 Å². The third kappa shape index (κ3) is 2.20. The molecule has 0 saturated carbocycles. The number of nitrogens with zero attached hydrogens (tertiary/aromatic N) is 2. The standard InChI is InChI=1S/C15H15ClN2O2/c1-2-3-12-14(18-7-6-17-9-18)15(19)11-5-4-10(16)8-13(11)20-12/h4-9,12,14H,2-3H2,1H3. The smallest absolute Gasteiger partial charge is 0.193 e. The zero-order chi connectivity index (χ0) is 14.1. The molecular weight excluding hydrogens is 276 g/mol. The molecule has 2 unspecified atom stereocenters. The minimum absolute atomic E-state index is 0.0550. The van der Waals surface area contributed by atoms with Gasteiger partial charge in [0.15, 0.2) is 5.78 Å². The topological polar surface area (TPSA) is 44.1 Å². The summed E-state index contributed by atoms with van der Waals surface area (Å²) in [6.07, 6.45) is 6.70. The molecule has 0 aliphatic carbocycles. The zero-order valence-electron chi connectivity index (χ0n) is 11.1. The highest BCUT2D eigenvalue weighted by Gasteiger charge is 2.37. The number of Topliss-reactive ketones (excluding diaryl/α,β-unsaturated/α-hetero) is 1. The number of carbonyl (C=O) groups excluding carboxylic acids is 1. The SMILES string of the molecule is CCCC1Oc2cc(Cl)ccc2C(=O)C1n1ccnc1. The van der Waals surface area contributed by atoms with E-state index in [1.54, 1.807) is 36.9 Å². The molecule has 2 atom stereocenters. The van der Waals surface area contributed by atoms with Gasteiger partial charge in [-0.05, 0) is 24.6 Å². The number of fused-ring (bicyclic) bond motifs is 1. The Kier molecular flexibility index (Phi) is 3.49. The number of hydrogen-bond acceptors (Lipinski definition) is 3. The molecule has 0 saturated heterocycles. The van der Waals surface area contributed by atoms with E-state index in [2.05, 4.69) is 11.9 Å². The van der Waals surface area contributed by atoms with Crippen molar-refractivity contribution >= 4 is 17.4 Å². The van der Waals surface area contributed by atoms with Crippen LogP contribution in [-0.4, -0.2) is 21.4 Å². The fourth-order valence-corrected chi connectivity index (χ4v) is 2.78. The van der Waals surface area contributed by atoms with Crippen LogP contribution in [-0.2, 0) is 0 Å². The van der Waals surface area contributed by atoms with Crippen LogP contribution < -0.4 is 4.74 Å². The Morgan fingerprint density at radius 3 is 3.00 bits per heavy atom. The predicted molar refractivity (Wildman–Crippen MR) is 76.4 cm³/mol. The Bertz CT molecular complexity index is 625. The van der Waals surface area contributed by atoms with Crippen molar-refractivity contribution in [1.29, 1.82) is 0 Å². The van der Waals surface area contributed by atoms with Crippen molar-refractivity contribution in [2.24, 2.45) is 0 Å². The van der Waals surface area contributed by atoms with Crippen LogP contribution in [0.4, 0.5) is 0 Å². The van der Waals surface area contributed by atoms with Gasteiger partial charge in [-0.2, -0.15) is 0 Å². The zero-order valence-corrected chi connectivity index (χ0v) is 11.9. The van der Waals surface area contributed by atoms with E-state index in [-0.39, 0.29) is 17.9 Å². The van der Waals surface area contributed by atoms with Gasteiger partial charge < -0.3 is 9.30 Å². The first-order chi connectivity index (χ1) is 9.70. The summed E-state index contributed by atoms with van der Waals surface area (Å²) in [5.74, 6) is 0.636. The number of halogens is 1. The van der Waals surface area contributed by atoms with Gasteiger partial charge in [-0.15, -0.1) is 0 Å². The van der Waals surface area contributed by atoms with Crippen molar-refractivity contribution in [2.45, 2.75) is 31.9 Å². The van der Waals surface area contributed by atoms with E-state index in [1.165, 1.54) is 0 Å². The molecule has 0 bridgehead atoms. The summed E-state index contributed by atoms with van der Waals surface area (Å²) in [5, 5.41) is 0.577. The van der Waals surface area contributed by atoms with Gasteiger partial charge in [-0.3, -0.25) is 4.79 Å². The molecule has 3 rings (SSSR count). The quantitative estimate of drug-likeness (QED) is 0.869.